The van der Waals surface area contributed by atoms with Crippen molar-refractivity contribution in [3.8, 4) is 0 Å². The fourth-order valence-corrected chi connectivity index (χ4v) is 14.4. The van der Waals surface area contributed by atoms with Gasteiger partial charge in [-0.05, 0) is 123 Å². The SMILES string of the molecule is CC(=O)CCC(=O)O[C@H]1[C@H](O[C@H]2CC[C@@]3(C)[C@H](C2)C(=O)C[C@@H]2[C@@H]3CC[C@]3(C)[C@@H]4[C@H](C[C@@H]23)O[C@]2(CC[C@@H](C)CO2)[C@H]4C)O[C@H](COC(=O)c2ccccc2)[C@@H](OC(=O)CCC(C)=O)[C@@H]1OC(=O)c1ccccc1. The normalized spacial score (nSPS) is 38.8. The van der Waals surface area contributed by atoms with Crippen LogP contribution in [0, 0.1) is 52.3 Å². The zero-order valence-electron chi connectivity index (χ0n) is 42.6. The average molecular weight is 997 g/mol. The molecule has 17 atom stereocenters. The molecular weight excluding hydrogens is 925 g/mol. The fraction of sp³-hybridized carbons (Fsp3) is 0.667. The van der Waals surface area contributed by atoms with E-state index in [4.69, 9.17) is 37.9 Å². The topological polar surface area (TPSA) is 193 Å². The third kappa shape index (κ3) is 10.3. The van der Waals surface area contributed by atoms with Crippen molar-refractivity contribution >= 4 is 41.2 Å². The first-order valence-corrected chi connectivity index (χ1v) is 26.4. The molecule has 9 rings (SSSR count). The van der Waals surface area contributed by atoms with Gasteiger partial charge in [-0.25, -0.2) is 9.59 Å². The fourth-order valence-electron chi connectivity index (χ4n) is 14.4. The summed E-state index contributed by atoms with van der Waals surface area (Å²) in [5.74, 6) is -2.34. The summed E-state index contributed by atoms with van der Waals surface area (Å²) in [7, 11) is 0. The number of Topliss-reactive ketones (excluding diaryl/α,β-unsaturated/α-hetero) is 3. The molecule has 0 unspecified atom stereocenters. The van der Waals surface area contributed by atoms with Crippen LogP contribution in [0.4, 0.5) is 0 Å². The van der Waals surface area contributed by atoms with Gasteiger partial charge in [-0.2, -0.15) is 0 Å². The summed E-state index contributed by atoms with van der Waals surface area (Å²) in [6, 6.07) is 16.3. The number of hydrogen-bond donors (Lipinski definition) is 0. The van der Waals surface area contributed by atoms with Gasteiger partial charge in [0.2, 0.25) is 0 Å². The van der Waals surface area contributed by atoms with Crippen LogP contribution >= 0.6 is 0 Å². The van der Waals surface area contributed by atoms with Crippen molar-refractivity contribution in [3.05, 3.63) is 71.8 Å². The molecule has 0 N–H and O–H groups in total. The molecule has 1 spiro atoms. The number of rotatable bonds is 15. The number of benzene rings is 2. The molecule has 390 valence electrons. The maximum atomic E-state index is 14.8. The number of esters is 4. The standard InChI is InChI=1S/C57H72O15/c1-32-21-26-57(66-30-32)35(4)48-44(72-57)29-41-39-28-43(60)42-27-38(22-24-55(42,5)40(39)23-25-56(41,48)6)67-54-51(70-47(62)20-18-34(3)59)50(71-53(64)37-15-11-8-12-16-37)49(69-46(61)19-17-33(2)58)45(68-54)31-65-52(63)36-13-9-7-10-14-36/h7-16,32,35,38-42,44-45,48-51,54H,17-31H2,1-6H3/t32-,35+,38+,39-,40+,41+,42-,44+,45-,48+,49-,50+,51-,54-,55-,56+,57-/m1/s1. The van der Waals surface area contributed by atoms with Gasteiger partial charge in [0.1, 0.15) is 30.1 Å². The molecular formula is C57H72O15. The van der Waals surface area contributed by atoms with E-state index in [-0.39, 0.29) is 88.8 Å². The lowest BCUT2D eigenvalue weighted by molar-refractivity contribution is -0.318. The van der Waals surface area contributed by atoms with Crippen molar-refractivity contribution < 1.29 is 71.5 Å². The summed E-state index contributed by atoms with van der Waals surface area (Å²) in [4.78, 5) is 93.5. The van der Waals surface area contributed by atoms with Gasteiger partial charge in [0.15, 0.2) is 30.4 Å². The summed E-state index contributed by atoms with van der Waals surface area (Å²) in [5.41, 5.74) is 0.109. The van der Waals surface area contributed by atoms with Crippen molar-refractivity contribution in [1.29, 1.82) is 0 Å². The van der Waals surface area contributed by atoms with E-state index in [1.165, 1.54) is 26.0 Å². The lowest BCUT2D eigenvalue weighted by Gasteiger charge is -2.60. The van der Waals surface area contributed by atoms with Crippen molar-refractivity contribution in [2.45, 2.75) is 174 Å². The Morgan fingerprint density at radius 3 is 1.93 bits per heavy atom. The third-order valence-electron chi connectivity index (χ3n) is 18.1. The van der Waals surface area contributed by atoms with Crippen molar-refractivity contribution in [2.24, 2.45) is 52.3 Å². The van der Waals surface area contributed by atoms with Crippen LogP contribution in [0.25, 0.3) is 0 Å². The molecule has 2 aromatic rings. The minimum absolute atomic E-state index is 0.0340. The third-order valence-corrected chi connectivity index (χ3v) is 18.1. The largest absolute Gasteiger partial charge is 0.459 e. The Labute approximate surface area is 422 Å². The highest BCUT2D eigenvalue weighted by Gasteiger charge is 2.70. The van der Waals surface area contributed by atoms with Gasteiger partial charge in [0.25, 0.3) is 0 Å². The maximum Gasteiger partial charge on any atom is 0.338 e. The molecule has 0 bridgehead atoms. The number of carbonyl (C=O) groups is 7. The molecule has 0 radical (unpaired) electrons. The lowest BCUT2D eigenvalue weighted by atomic mass is 9.44. The van der Waals surface area contributed by atoms with Crippen LogP contribution in [0.3, 0.4) is 0 Å². The first-order chi connectivity index (χ1) is 34.4. The monoisotopic (exact) mass is 996 g/mol. The molecule has 7 aliphatic rings. The van der Waals surface area contributed by atoms with Crippen LogP contribution in [0.5, 0.6) is 0 Å². The Balaban J connectivity index is 0.984. The lowest BCUT2D eigenvalue weighted by Crippen LogP contribution is -2.64. The van der Waals surface area contributed by atoms with E-state index >= 15 is 0 Å². The van der Waals surface area contributed by atoms with E-state index in [0.29, 0.717) is 49.4 Å². The summed E-state index contributed by atoms with van der Waals surface area (Å²) >= 11 is 0. The molecule has 15 nitrogen and oxygen atoms in total. The Bertz CT molecular complexity index is 2340. The molecule has 4 aliphatic carbocycles. The Morgan fingerprint density at radius 2 is 1.31 bits per heavy atom. The van der Waals surface area contributed by atoms with Crippen LogP contribution in [-0.4, -0.2) is 103 Å². The Morgan fingerprint density at radius 1 is 0.681 bits per heavy atom. The van der Waals surface area contributed by atoms with Crippen LogP contribution in [-0.2, 0) is 61.9 Å². The average Bonchev–Trinajstić information content (AvgIpc) is 3.81. The van der Waals surface area contributed by atoms with Crippen molar-refractivity contribution in [1.82, 2.24) is 0 Å². The summed E-state index contributed by atoms with van der Waals surface area (Å²) in [6.45, 7) is 12.2. The van der Waals surface area contributed by atoms with E-state index in [9.17, 15) is 33.6 Å². The maximum absolute atomic E-state index is 14.8. The second-order valence-corrected chi connectivity index (χ2v) is 22.7. The minimum Gasteiger partial charge on any atom is -0.459 e. The van der Waals surface area contributed by atoms with Crippen molar-refractivity contribution in [2.75, 3.05) is 13.2 Å². The Hall–Kier alpha value is -4.83. The first-order valence-electron chi connectivity index (χ1n) is 26.4. The van der Waals surface area contributed by atoms with Crippen LogP contribution in [0.15, 0.2) is 60.7 Å². The van der Waals surface area contributed by atoms with E-state index < -0.39 is 73.1 Å². The van der Waals surface area contributed by atoms with E-state index in [0.717, 1.165) is 38.7 Å². The van der Waals surface area contributed by atoms with Gasteiger partial charge < -0.3 is 47.5 Å². The van der Waals surface area contributed by atoms with E-state index in [1.807, 2.05) is 0 Å². The first kappa shape index (κ1) is 52.0. The van der Waals surface area contributed by atoms with Gasteiger partial charge in [-0.15, -0.1) is 0 Å². The highest BCUT2D eigenvalue weighted by atomic mass is 16.7. The number of ketones is 3. The van der Waals surface area contributed by atoms with E-state index in [2.05, 4.69) is 27.7 Å². The summed E-state index contributed by atoms with van der Waals surface area (Å²) in [6.07, 6.45) is -1.92. The molecule has 3 saturated heterocycles. The van der Waals surface area contributed by atoms with Gasteiger partial charge in [-0.1, -0.05) is 64.1 Å². The minimum atomic E-state index is -1.61. The van der Waals surface area contributed by atoms with E-state index in [1.54, 1.807) is 48.5 Å². The molecule has 3 aliphatic heterocycles. The van der Waals surface area contributed by atoms with Crippen LogP contribution in [0.2, 0.25) is 0 Å². The number of hydrogen-bond acceptors (Lipinski definition) is 15. The van der Waals surface area contributed by atoms with Gasteiger partial charge in [0, 0.05) is 37.5 Å². The van der Waals surface area contributed by atoms with Gasteiger partial charge >= 0.3 is 23.9 Å². The number of carbonyl (C=O) groups excluding carboxylic acids is 7. The predicted molar refractivity (Wildman–Crippen MR) is 258 cm³/mol. The number of fused-ring (bicyclic) bond motifs is 7. The molecule has 0 aromatic heterocycles. The van der Waals surface area contributed by atoms with Crippen LogP contribution < -0.4 is 0 Å². The second kappa shape index (κ2) is 21.2. The van der Waals surface area contributed by atoms with Gasteiger partial charge in [-0.3, -0.25) is 14.4 Å². The van der Waals surface area contributed by atoms with Gasteiger partial charge in [0.05, 0.1) is 42.8 Å². The van der Waals surface area contributed by atoms with Crippen LogP contribution in [0.1, 0.15) is 146 Å². The highest BCUT2D eigenvalue weighted by Crippen LogP contribution is 2.71. The van der Waals surface area contributed by atoms with Crippen molar-refractivity contribution in [3.63, 3.8) is 0 Å². The molecule has 15 heteroatoms. The number of ether oxygens (including phenoxy) is 8. The second-order valence-electron chi connectivity index (χ2n) is 22.7. The smallest absolute Gasteiger partial charge is 0.338 e. The molecule has 2 aromatic carbocycles. The zero-order valence-corrected chi connectivity index (χ0v) is 42.6. The molecule has 4 saturated carbocycles. The molecule has 7 fully saturated rings. The highest BCUT2D eigenvalue weighted by molar-refractivity contribution is 5.90. The molecule has 0 amide bonds. The quantitative estimate of drug-likeness (QED) is 0.0938. The Kier molecular flexibility index (Phi) is 15.3. The molecule has 3 heterocycles. The summed E-state index contributed by atoms with van der Waals surface area (Å²) in [5, 5.41) is 0. The molecule has 72 heavy (non-hydrogen) atoms. The summed E-state index contributed by atoms with van der Waals surface area (Å²) < 4.78 is 51.1. The predicted octanol–water partition coefficient (Wildman–Crippen LogP) is 8.37. The zero-order chi connectivity index (χ0) is 51.1.